The van der Waals surface area contributed by atoms with Gasteiger partial charge < -0.3 is 5.32 Å². The monoisotopic (exact) mass is 429 g/mol. The molecule has 1 aliphatic heterocycles. The number of aryl methyl sites for hydroxylation is 1. The highest BCUT2D eigenvalue weighted by molar-refractivity contribution is 9.11. The van der Waals surface area contributed by atoms with Crippen molar-refractivity contribution in [3.63, 3.8) is 0 Å². The van der Waals surface area contributed by atoms with Gasteiger partial charge in [-0.2, -0.15) is 0 Å². The molecule has 0 aromatic heterocycles. The van der Waals surface area contributed by atoms with Crippen LogP contribution in [0.2, 0.25) is 0 Å². The molecule has 0 radical (unpaired) electrons. The fourth-order valence-corrected chi connectivity index (χ4v) is 5.96. The van der Waals surface area contributed by atoms with E-state index >= 15 is 0 Å². The molecule has 1 atom stereocenters. The second-order valence-corrected chi connectivity index (χ2v) is 8.83. The average Bonchev–Trinajstić information content (AvgIpc) is 2.66. The molecule has 1 N–H and O–H groups in total. The van der Waals surface area contributed by atoms with Crippen LogP contribution in [0.1, 0.15) is 17.2 Å². The van der Waals surface area contributed by atoms with Crippen LogP contribution >= 0.6 is 31.9 Å². The molecule has 0 fully saturated rings. The van der Waals surface area contributed by atoms with Gasteiger partial charge in [0.05, 0.1) is 22.4 Å². The van der Waals surface area contributed by atoms with Crippen LogP contribution in [0.3, 0.4) is 0 Å². The fourth-order valence-electron chi connectivity index (χ4n) is 2.58. The molecule has 1 unspecified atom stereocenters. The van der Waals surface area contributed by atoms with Gasteiger partial charge in [0.1, 0.15) is 0 Å². The summed E-state index contributed by atoms with van der Waals surface area (Å²) in [5.74, 6) is 0.0824. The van der Waals surface area contributed by atoms with Crippen LogP contribution in [-0.4, -0.2) is 14.2 Å². The molecule has 21 heavy (non-hydrogen) atoms. The van der Waals surface area contributed by atoms with E-state index in [9.17, 15) is 8.42 Å². The van der Waals surface area contributed by atoms with Gasteiger partial charge in [0.25, 0.3) is 0 Å². The van der Waals surface area contributed by atoms with E-state index in [1.54, 1.807) is 12.1 Å². The van der Waals surface area contributed by atoms with Crippen molar-refractivity contribution in [3.8, 4) is 0 Å². The Kier molecular flexibility index (Phi) is 3.88. The van der Waals surface area contributed by atoms with Crippen LogP contribution in [0, 0.1) is 6.92 Å². The highest BCUT2D eigenvalue weighted by Crippen LogP contribution is 2.39. The Morgan fingerprint density at radius 3 is 2.43 bits per heavy atom. The summed E-state index contributed by atoms with van der Waals surface area (Å²) in [6, 6.07) is 10.9. The summed E-state index contributed by atoms with van der Waals surface area (Å²) in [7, 11) is -3.20. The van der Waals surface area contributed by atoms with Crippen molar-refractivity contribution in [2.75, 3.05) is 11.1 Å². The number of halogens is 2. The fraction of sp³-hybridized carbons (Fsp3) is 0.200. The number of hydrogen-bond donors (Lipinski definition) is 1. The second-order valence-electron chi connectivity index (χ2n) is 5.12. The third-order valence-electron chi connectivity index (χ3n) is 3.52. The van der Waals surface area contributed by atoms with Gasteiger partial charge in [-0.1, -0.05) is 18.2 Å². The van der Waals surface area contributed by atoms with Crippen molar-refractivity contribution in [1.29, 1.82) is 0 Å². The predicted molar refractivity (Wildman–Crippen MR) is 91.4 cm³/mol. The number of hydrogen-bond acceptors (Lipinski definition) is 3. The van der Waals surface area contributed by atoms with E-state index in [0.717, 1.165) is 25.8 Å². The maximum atomic E-state index is 12.2. The molecule has 110 valence electrons. The van der Waals surface area contributed by atoms with Crippen LogP contribution in [0.5, 0.6) is 0 Å². The summed E-state index contributed by atoms with van der Waals surface area (Å²) in [5, 5.41) is 3.34. The van der Waals surface area contributed by atoms with Crippen LogP contribution in [0.25, 0.3) is 0 Å². The van der Waals surface area contributed by atoms with E-state index in [1.165, 1.54) is 0 Å². The number of anilines is 1. The van der Waals surface area contributed by atoms with Gasteiger partial charge in [-0.15, -0.1) is 0 Å². The average molecular weight is 431 g/mol. The first-order valence-electron chi connectivity index (χ1n) is 6.42. The molecule has 0 spiro atoms. The molecule has 1 heterocycles. The number of benzene rings is 2. The Morgan fingerprint density at radius 1 is 1.14 bits per heavy atom. The third-order valence-corrected chi connectivity index (χ3v) is 6.59. The van der Waals surface area contributed by atoms with Crippen LogP contribution in [0.4, 0.5) is 5.69 Å². The normalized spacial score (nSPS) is 19.3. The van der Waals surface area contributed by atoms with Crippen molar-refractivity contribution >= 4 is 47.4 Å². The number of sulfone groups is 1. The lowest BCUT2D eigenvalue weighted by Gasteiger charge is -2.17. The zero-order chi connectivity index (χ0) is 15.2. The Bertz CT molecular complexity index is 795. The summed E-state index contributed by atoms with van der Waals surface area (Å²) < 4.78 is 26.3. The minimum absolute atomic E-state index is 0.0824. The summed E-state index contributed by atoms with van der Waals surface area (Å²) >= 11 is 7.06. The Morgan fingerprint density at radius 2 is 1.76 bits per heavy atom. The minimum Gasteiger partial charge on any atom is -0.375 e. The first-order valence-corrected chi connectivity index (χ1v) is 9.66. The Labute approximate surface area is 140 Å². The molecule has 2 aromatic carbocycles. The minimum atomic E-state index is -3.20. The van der Waals surface area contributed by atoms with Gasteiger partial charge in [0.2, 0.25) is 0 Å². The van der Waals surface area contributed by atoms with Crippen molar-refractivity contribution < 1.29 is 8.42 Å². The predicted octanol–water partition coefficient (Wildman–Crippen LogP) is 4.46. The molecule has 0 amide bonds. The van der Waals surface area contributed by atoms with Crippen molar-refractivity contribution in [1.82, 2.24) is 0 Å². The maximum Gasteiger partial charge on any atom is 0.181 e. The van der Waals surface area contributed by atoms with Crippen molar-refractivity contribution in [2.24, 2.45) is 0 Å². The molecule has 0 saturated carbocycles. The smallest absolute Gasteiger partial charge is 0.181 e. The number of fused-ring (bicyclic) bond motifs is 1. The van der Waals surface area contributed by atoms with Gasteiger partial charge in [-0.05, 0) is 68.1 Å². The molecule has 0 saturated heterocycles. The third kappa shape index (κ3) is 2.76. The first-order chi connectivity index (χ1) is 9.88. The second kappa shape index (κ2) is 5.41. The van der Waals surface area contributed by atoms with Crippen LogP contribution in [-0.2, 0) is 9.84 Å². The molecule has 2 aromatic rings. The Balaban J connectivity index is 2.02. The first kappa shape index (κ1) is 15.1. The topological polar surface area (TPSA) is 46.2 Å². The SMILES string of the molecule is Cc1cc(Br)c(NC2CS(=O)(=O)c3ccccc32)c(Br)c1. The lowest BCUT2D eigenvalue weighted by molar-refractivity contribution is 0.598. The van der Waals surface area contributed by atoms with Crippen molar-refractivity contribution in [3.05, 3.63) is 56.5 Å². The van der Waals surface area contributed by atoms with Gasteiger partial charge >= 0.3 is 0 Å². The molecule has 1 aliphatic rings. The van der Waals surface area contributed by atoms with Crippen molar-refractivity contribution in [2.45, 2.75) is 17.9 Å². The van der Waals surface area contributed by atoms with Gasteiger partial charge in [-0.3, -0.25) is 0 Å². The van der Waals surface area contributed by atoms with E-state index < -0.39 is 9.84 Å². The number of nitrogens with one attached hydrogen (secondary N) is 1. The highest BCUT2D eigenvalue weighted by Gasteiger charge is 2.34. The number of rotatable bonds is 2. The van der Waals surface area contributed by atoms with E-state index in [2.05, 4.69) is 37.2 Å². The summed E-state index contributed by atoms with van der Waals surface area (Å²) in [6.07, 6.45) is 0. The standard InChI is InChI=1S/C15H13Br2NO2S/c1-9-6-11(16)15(12(17)7-9)18-13-8-21(19,20)14-5-3-2-4-10(13)14/h2-7,13,18H,8H2,1H3. The van der Waals surface area contributed by atoms with Crippen LogP contribution in [0.15, 0.2) is 50.2 Å². The summed E-state index contributed by atoms with van der Waals surface area (Å²) in [4.78, 5) is 0.432. The lowest BCUT2D eigenvalue weighted by Crippen LogP contribution is -2.13. The molecule has 6 heteroatoms. The molecular formula is C15H13Br2NO2S. The van der Waals surface area contributed by atoms with E-state index in [1.807, 2.05) is 31.2 Å². The largest absolute Gasteiger partial charge is 0.375 e. The molecule has 3 nitrogen and oxygen atoms in total. The van der Waals surface area contributed by atoms with Gasteiger partial charge in [0, 0.05) is 8.95 Å². The molecule has 0 aliphatic carbocycles. The quantitative estimate of drug-likeness (QED) is 0.764. The molecule has 3 rings (SSSR count). The van der Waals surface area contributed by atoms with Crippen LogP contribution < -0.4 is 5.32 Å². The maximum absolute atomic E-state index is 12.2. The summed E-state index contributed by atoms with van der Waals surface area (Å²) in [5.41, 5.74) is 2.83. The zero-order valence-electron chi connectivity index (χ0n) is 11.2. The molecular weight excluding hydrogens is 418 g/mol. The van der Waals surface area contributed by atoms with Gasteiger partial charge in [0.15, 0.2) is 9.84 Å². The van der Waals surface area contributed by atoms with Gasteiger partial charge in [-0.25, -0.2) is 8.42 Å². The van der Waals surface area contributed by atoms with E-state index in [0.29, 0.717) is 4.90 Å². The van der Waals surface area contributed by atoms with E-state index in [4.69, 9.17) is 0 Å². The molecule has 0 bridgehead atoms. The lowest BCUT2D eigenvalue weighted by atomic mass is 10.1. The summed E-state index contributed by atoms with van der Waals surface area (Å²) in [6.45, 7) is 2.01. The zero-order valence-corrected chi connectivity index (χ0v) is 15.2. The Hall–Kier alpha value is -0.850. The highest BCUT2D eigenvalue weighted by atomic mass is 79.9. The van der Waals surface area contributed by atoms with E-state index in [-0.39, 0.29) is 11.8 Å².